The molecule has 1 heterocycles. The minimum atomic E-state index is -1.09. The topological polar surface area (TPSA) is 102 Å². The molecule has 1 aliphatic heterocycles. The fourth-order valence-corrected chi connectivity index (χ4v) is 1.65. The zero-order valence-corrected chi connectivity index (χ0v) is 9.65. The Balaban J connectivity index is 2.62. The summed E-state index contributed by atoms with van der Waals surface area (Å²) in [6.45, 7) is 4.29. The van der Waals surface area contributed by atoms with E-state index in [0.29, 0.717) is 26.1 Å². The third-order valence-electron chi connectivity index (χ3n) is 2.84. The lowest BCUT2D eigenvalue weighted by molar-refractivity contribution is -0.143. The van der Waals surface area contributed by atoms with Gasteiger partial charge >= 0.3 is 5.97 Å². The molecule has 0 aliphatic carbocycles. The third kappa shape index (κ3) is 3.54. The molecule has 96 valence electrons. The molecule has 0 radical (unpaired) electrons. The third-order valence-corrected chi connectivity index (χ3v) is 2.84. The normalized spacial score (nSPS) is 20.3. The molecule has 6 nitrogen and oxygen atoms in total. The smallest absolute Gasteiger partial charge is 0.326 e. The number of ether oxygens (including phenoxy) is 1. The van der Waals surface area contributed by atoms with Gasteiger partial charge in [0.25, 0.3) is 0 Å². The van der Waals surface area contributed by atoms with Crippen molar-refractivity contribution in [3.63, 3.8) is 0 Å². The lowest BCUT2D eigenvalue weighted by Crippen LogP contribution is -2.59. The summed E-state index contributed by atoms with van der Waals surface area (Å²) in [5, 5.41) is 11.3. The van der Waals surface area contributed by atoms with Crippen LogP contribution in [-0.4, -0.2) is 41.8 Å². The van der Waals surface area contributed by atoms with Gasteiger partial charge in [0, 0.05) is 13.2 Å². The maximum atomic E-state index is 11.9. The van der Waals surface area contributed by atoms with Gasteiger partial charge in [0.15, 0.2) is 0 Å². The molecule has 17 heavy (non-hydrogen) atoms. The molecule has 4 N–H and O–H groups in total. The van der Waals surface area contributed by atoms with E-state index in [0.717, 1.165) is 0 Å². The molecule has 0 aromatic carbocycles. The van der Waals surface area contributed by atoms with Gasteiger partial charge in [-0.15, -0.1) is 6.58 Å². The summed E-state index contributed by atoms with van der Waals surface area (Å²) in [6.07, 6.45) is 2.43. The Bertz CT molecular complexity index is 311. The van der Waals surface area contributed by atoms with Crippen molar-refractivity contribution < 1.29 is 19.4 Å². The molecule has 1 fully saturated rings. The molecule has 0 aromatic rings. The predicted octanol–water partition coefficient (Wildman–Crippen LogP) is -0.360. The number of hydrogen-bond acceptors (Lipinski definition) is 4. The Kier molecular flexibility index (Phi) is 4.65. The zero-order chi connectivity index (χ0) is 12.9. The van der Waals surface area contributed by atoms with Crippen molar-refractivity contribution in [2.45, 2.75) is 30.8 Å². The summed E-state index contributed by atoms with van der Waals surface area (Å²) in [7, 11) is 0. The second-order valence-electron chi connectivity index (χ2n) is 4.16. The highest BCUT2D eigenvalue weighted by molar-refractivity contribution is 5.90. The lowest BCUT2D eigenvalue weighted by atomic mass is 9.90. The fourth-order valence-electron chi connectivity index (χ4n) is 1.65. The molecule has 1 rings (SSSR count). The molecule has 1 atom stereocenters. The second kappa shape index (κ2) is 5.79. The number of rotatable bonds is 5. The highest BCUT2D eigenvalue weighted by Crippen LogP contribution is 2.18. The highest BCUT2D eigenvalue weighted by atomic mass is 16.5. The van der Waals surface area contributed by atoms with Crippen molar-refractivity contribution in [1.29, 1.82) is 0 Å². The molecule has 0 bridgehead atoms. The Morgan fingerprint density at radius 2 is 2.12 bits per heavy atom. The van der Waals surface area contributed by atoms with Gasteiger partial charge in [0.1, 0.15) is 6.04 Å². The van der Waals surface area contributed by atoms with Crippen LogP contribution in [0.25, 0.3) is 0 Å². The predicted molar refractivity (Wildman–Crippen MR) is 61.4 cm³/mol. The molecule has 1 amide bonds. The Labute approximate surface area is 99.8 Å². The number of carboxylic acid groups (broad SMARTS) is 1. The summed E-state index contributed by atoms with van der Waals surface area (Å²) in [4.78, 5) is 22.8. The van der Waals surface area contributed by atoms with Crippen LogP contribution < -0.4 is 11.1 Å². The number of amides is 1. The SMILES string of the molecule is C=CCC(NC(=O)C1(N)CCOCC1)C(=O)O. The summed E-state index contributed by atoms with van der Waals surface area (Å²) < 4.78 is 5.12. The first-order chi connectivity index (χ1) is 7.99. The number of nitrogens with two attached hydrogens (primary N) is 1. The van der Waals surface area contributed by atoms with Crippen molar-refractivity contribution in [3.05, 3.63) is 12.7 Å². The van der Waals surface area contributed by atoms with Gasteiger partial charge in [-0.25, -0.2) is 4.79 Å². The second-order valence-corrected chi connectivity index (χ2v) is 4.16. The van der Waals surface area contributed by atoms with E-state index >= 15 is 0 Å². The first-order valence-electron chi connectivity index (χ1n) is 5.51. The monoisotopic (exact) mass is 242 g/mol. The van der Waals surface area contributed by atoms with Crippen LogP contribution in [0.1, 0.15) is 19.3 Å². The first-order valence-corrected chi connectivity index (χ1v) is 5.51. The zero-order valence-electron chi connectivity index (χ0n) is 9.65. The van der Waals surface area contributed by atoms with Crippen molar-refractivity contribution >= 4 is 11.9 Å². The molecule has 6 heteroatoms. The van der Waals surface area contributed by atoms with Gasteiger partial charge in [-0.3, -0.25) is 4.79 Å². The van der Waals surface area contributed by atoms with Gasteiger partial charge in [-0.05, 0) is 19.3 Å². The van der Waals surface area contributed by atoms with E-state index in [1.807, 2.05) is 0 Å². The fraction of sp³-hybridized carbons (Fsp3) is 0.636. The average Bonchev–Trinajstić information content (AvgIpc) is 2.29. The Hall–Kier alpha value is -1.40. The summed E-state index contributed by atoms with van der Waals surface area (Å²) in [6, 6.07) is -0.969. The highest BCUT2D eigenvalue weighted by Gasteiger charge is 2.37. The first kappa shape index (κ1) is 13.7. The van der Waals surface area contributed by atoms with Gasteiger partial charge in [-0.2, -0.15) is 0 Å². The Morgan fingerprint density at radius 3 is 2.59 bits per heavy atom. The van der Waals surface area contributed by atoms with Crippen LogP contribution in [-0.2, 0) is 14.3 Å². The maximum absolute atomic E-state index is 11.9. The van der Waals surface area contributed by atoms with E-state index in [-0.39, 0.29) is 6.42 Å². The number of nitrogens with one attached hydrogen (secondary N) is 1. The van der Waals surface area contributed by atoms with Crippen LogP contribution in [0, 0.1) is 0 Å². The van der Waals surface area contributed by atoms with Gasteiger partial charge in [0.2, 0.25) is 5.91 Å². The standard InChI is InChI=1S/C11H18N2O4/c1-2-3-8(9(14)15)13-10(16)11(12)4-6-17-7-5-11/h2,8H,1,3-7,12H2,(H,13,16)(H,14,15). The summed E-state index contributed by atoms with van der Waals surface area (Å²) in [5.74, 6) is -1.52. The van der Waals surface area contributed by atoms with Crippen molar-refractivity contribution in [2.75, 3.05) is 13.2 Å². The number of carbonyl (C=O) groups is 2. The van der Waals surface area contributed by atoms with Crippen LogP contribution in [0.15, 0.2) is 12.7 Å². The summed E-state index contributed by atoms with van der Waals surface area (Å²) in [5.41, 5.74) is 4.92. The van der Waals surface area contributed by atoms with Crippen LogP contribution >= 0.6 is 0 Å². The van der Waals surface area contributed by atoms with Crippen LogP contribution in [0.5, 0.6) is 0 Å². The van der Waals surface area contributed by atoms with Gasteiger partial charge < -0.3 is 20.9 Å². The minimum absolute atomic E-state index is 0.174. The molecule has 1 unspecified atom stereocenters. The van der Waals surface area contributed by atoms with Gasteiger partial charge in [0.05, 0.1) is 5.54 Å². The molecule has 0 spiro atoms. The van der Waals surface area contributed by atoms with E-state index in [1.54, 1.807) is 0 Å². The minimum Gasteiger partial charge on any atom is -0.480 e. The van der Waals surface area contributed by atoms with Crippen LogP contribution in [0.3, 0.4) is 0 Å². The number of aliphatic carboxylic acids is 1. The van der Waals surface area contributed by atoms with E-state index in [2.05, 4.69) is 11.9 Å². The van der Waals surface area contributed by atoms with Crippen molar-refractivity contribution in [3.8, 4) is 0 Å². The molecule has 0 saturated carbocycles. The quantitative estimate of drug-likeness (QED) is 0.571. The molecule has 1 saturated heterocycles. The van der Waals surface area contributed by atoms with E-state index in [4.69, 9.17) is 15.6 Å². The van der Waals surface area contributed by atoms with Crippen LogP contribution in [0.2, 0.25) is 0 Å². The number of carboxylic acids is 1. The van der Waals surface area contributed by atoms with Crippen molar-refractivity contribution in [2.24, 2.45) is 5.73 Å². The Morgan fingerprint density at radius 1 is 1.53 bits per heavy atom. The van der Waals surface area contributed by atoms with E-state index < -0.39 is 23.5 Å². The average molecular weight is 242 g/mol. The number of hydrogen-bond donors (Lipinski definition) is 3. The van der Waals surface area contributed by atoms with E-state index in [1.165, 1.54) is 6.08 Å². The van der Waals surface area contributed by atoms with Gasteiger partial charge in [-0.1, -0.05) is 6.08 Å². The lowest BCUT2D eigenvalue weighted by Gasteiger charge is -2.32. The summed E-state index contributed by atoms with van der Waals surface area (Å²) >= 11 is 0. The van der Waals surface area contributed by atoms with Crippen LogP contribution in [0.4, 0.5) is 0 Å². The molecule has 0 aromatic heterocycles. The molecular formula is C11H18N2O4. The van der Waals surface area contributed by atoms with E-state index in [9.17, 15) is 9.59 Å². The number of carbonyl (C=O) groups excluding carboxylic acids is 1. The largest absolute Gasteiger partial charge is 0.480 e. The molecular weight excluding hydrogens is 224 g/mol. The maximum Gasteiger partial charge on any atom is 0.326 e. The molecule has 1 aliphatic rings. The van der Waals surface area contributed by atoms with Crippen molar-refractivity contribution in [1.82, 2.24) is 5.32 Å².